The van der Waals surface area contributed by atoms with Crippen LogP contribution >= 0.6 is 0 Å². The van der Waals surface area contributed by atoms with Crippen molar-refractivity contribution in [2.75, 3.05) is 20.1 Å². The zero-order valence-corrected chi connectivity index (χ0v) is 17.1. The average Bonchev–Trinajstić information content (AvgIpc) is 3.34. The zero-order valence-electron chi connectivity index (χ0n) is 17.1. The van der Waals surface area contributed by atoms with Gasteiger partial charge in [-0.25, -0.2) is 0 Å². The lowest BCUT2D eigenvalue weighted by molar-refractivity contribution is -0.951. The van der Waals surface area contributed by atoms with Crippen LogP contribution in [0.2, 0.25) is 0 Å². The van der Waals surface area contributed by atoms with Crippen molar-refractivity contribution in [3.8, 4) is 11.5 Å². The molecule has 0 radical (unpaired) electrons. The highest BCUT2D eigenvalue weighted by atomic mass is 16.5. The Labute approximate surface area is 166 Å². The number of benzene rings is 1. The van der Waals surface area contributed by atoms with Crippen LogP contribution in [-0.4, -0.2) is 58.4 Å². The van der Waals surface area contributed by atoms with Crippen LogP contribution < -0.4 is 4.74 Å². The number of ketones is 1. The van der Waals surface area contributed by atoms with Crippen LogP contribution in [0.3, 0.4) is 0 Å². The molecule has 5 nitrogen and oxygen atoms in total. The van der Waals surface area contributed by atoms with Crippen molar-refractivity contribution < 1.29 is 24.2 Å². The number of phenols is 1. The van der Waals surface area contributed by atoms with Crippen LogP contribution in [0.4, 0.5) is 0 Å². The van der Waals surface area contributed by atoms with E-state index in [-0.39, 0.29) is 30.9 Å². The molecule has 2 N–H and O–H groups in total. The van der Waals surface area contributed by atoms with E-state index >= 15 is 0 Å². The summed E-state index contributed by atoms with van der Waals surface area (Å²) in [6, 6.07) is 3.76. The van der Waals surface area contributed by atoms with E-state index in [9.17, 15) is 15.0 Å². The Bertz CT molecular complexity index is 880. The number of likely N-dealkylation sites (tertiary alicyclic amines) is 1. The zero-order chi connectivity index (χ0) is 18.8. The fourth-order valence-corrected chi connectivity index (χ4v) is 7.33. The Kier molecular flexibility index (Phi) is 3.50. The lowest BCUT2D eigenvalue weighted by Gasteiger charge is -2.66. The minimum atomic E-state index is -0.973. The number of carbonyl (C=O) groups excluding carboxylic acids is 1. The number of likely N-dealkylation sites (N-methyl/N-ethyl adjacent to an activating group) is 1. The summed E-state index contributed by atoms with van der Waals surface area (Å²) in [5, 5.41) is 22.9. The fourth-order valence-electron chi connectivity index (χ4n) is 7.33. The molecule has 1 spiro atoms. The summed E-state index contributed by atoms with van der Waals surface area (Å²) >= 11 is 0. The van der Waals surface area contributed by atoms with Gasteiger partial charge in [0.1, 0.15) is 11.6 Å². The monoisotopic (exact) mass is 385 g/mol. The molecule has 3 aliphatic carbocycles. The van der Waals surface area contributed by atoms with Crippen LogP contribution in [-0.2, 0) is 16.6 Å². The molecule has 1 aromatic carbocycles. The van der Waals surface area contributed by atoms with Gasteiger partial charge in [0.15, 0.2) is 23.4 Å². The summed E-state index contributed by atoms with van der Waals surface area (Å²) < 4.78 is 7.02. The summed E-state index contributed by atoms with van der Waals surface area (Å²) in [5.41, 5.74) is 0.417. The molecule has 1 aromatic rings. The van der Waals surface area contributed by atoms with Gasteiger partial charge in [0, 0.05) is 30.7 Å². The number of aromatic hydroxyl groups is 1. The largest absolute Gasteiger partial charge is 0.504 e. The van der Waals surface area contributed by atoms with Crippen LogP contribution in [0.25, 0.3) is 0 Å². The maximum atomic E-state index is 13.0. The molecular weight excluding hydrogens is 354 g/mol. The summed E-state index contributed by atoms with van der Waals surface area (Å²) in [5.74, 6) is 1.30. The van der Waals surface area contributed by atoms with Crippen LogP contribution in [0.15, 0.2) is 12.1 Å². The third kappa shape index (κ3) is 1.83. The number of carbonyl (C=O) groups is 1. The molecule has 0 amide bonds. The van der Waals surface area contributed by atoms with Crippen molar-refractivity contribution in [2.24, 2.45) is 11.8 Å². The number of piperidine rings is 1. The number of quaternary nitrogens is 1. The molecule has 3 fully saturated rings. The predicted molar refractivity (Wildman–Crippen MR) is 105 cm³/mol. The number of aliphatic hydroxyl groups is 1. The van der Waals surface area contributed by atoms with Crippen molar-refractivity contribution in [1.82, 2.24) is 0 Å². The van der Waals surface area contributed by atoms with Gasteiger partial charge in [0.05, 0.1) is 25.6 Å². The summed E-state index contributed by atoms with van der Waals surface area (Å²) in [4.78, 5) is 13.0. The fraction of sp³-hybridized carbons (Fsp3) is 0.652. The second kappa shape index (κ2) is 5.31. The number of ether oxygens (including phenoxy) is 1. The number of hydrogen-bond acceptors (Lipinski definition) is 4. The van der Waals surface area contributed by atoms with E-state index in [0.717, 1.165) is 47.5 Å². The summed E-state index contributed by atoms with van der Waals surface area (Å²) in [6.07, 6.45) is 3.84. The number of nitrogens with zero attached hydrogens (tertiary/aromatic N) is 1. The van der Waals surface area contributed by atoms with Crippen LogP contribution in [0.5, 0.6) is 11.5 Å². The van der Waals surface area contributed by atoms with E-state index < -0.39 is 17.1 Å². The number of Topliss-reactive ketones (excluding diaryl/α,β-unsaturated/α-hetero) is 1. The van der Waals surface area contributed by atoms with E-state index in [1.807, 2.05) is 13.0 Å². The lowest BCUT2D eigenvalue weighted by Crippen LogP contribution is -2.82. The van der Waals surface area contributed by atoms with Gasteiger partial charge in [-0.15, -0.1) is 0 Å². The van der Waals surface area contributed by atoms with Gasteiger partial charge in [-0.2, -0.15) is 0 Å². The van der Waals surface area contributed by atoms with E-state index in [2.05, 4.69) is 7.05 Å². The lowest BCUT2D eigenvalue weighted by atomic mass is 9.46. The summed E-state index contributed by atoms with van der Waals surface area (Å²) in [7, 11) is 2.31. The van der Waals surface area contributed by atoms with E-state index in [0.29, 0.717) is 12.2 Å². The minimum absolute atomic E-state index is 0. The molecule has 2 bridgehead atoms. The first-order valence-electron chi connectivity index (χ1n) is 10.4. The van der Waals surface area contributed by atoms with E-state index in [4.69, 9.17) is 4.74 Å². The molecule has 0 aromatic heterocycles. The molecule has 5 heteroatoms. The molecule has 6 atom stereocenters. The normalized spacial score (nSPS) is 45.1. The van der Waals surface area contributed by atoms with Gasteiger partial charge >= 0.3 is 0 Å². The molecule has 6 rings (SSSR count). The van der Waals surface area contributed by atoms with Crippen LogP contribution in [0, 0.1) is 19.3 Å². The first kappa shape index (κ1) is 18.4. The Morgan fingerprint density at radius 1 is 1.29 bits per heavy atom. The first-order valence-corrected chi connectivity index (χ1v) is 10.4. The van der Waals surface area contributed by atoms with Gasteiger partial charge in [-0.05, 0) is 30.4 Å². The molecule has 152 valence electrons. The van der Waals surface area contributed by atoms with Crippen molar-refractivity contribution in [1.29, 1.82) is 0 Å². The molecule has 1 saturated heterocycles. The Morgan fingerprint density at radius 2 is 2.04 bits per heavy atom. The minimum Gasteiger partial charge on any atom is -0.504 e. The Morgan fingerprint density at radius 3 is 2.75 bits per heavy atom. The number of rotatable bonds is 2. The summed E-state index contributed by atoms with van der Waals surface area (Å²) in [6.45, 7) is 4.12. The Balaban J connectivity index is 0.00000171. The molecule has 1 unspecified atom stereocenters. The van der Waals surface area contributed by atoms with Gasteiger partial charge in [-0.1, -0.05) is 13.0 Å². The van der Waals surface area contributed by atoms with E-state index in [1.54, 1.807) is 6.07 Å². The molecule has 2 aliphatic heterocycles. The van der Waals surface area contributed by atoms with Gasteiger partial charge in [-0.3, -0.25) is 4.79 Å². The second-order valence-corrected chi connectivity index (χ2v) is 10.1. The standard InChI is InChI=1S/C22H27NO4.CH3/c1-12-9-16(25)20-21-7-8-23(2,11-13-3-4-13)17(22(12,21)26)10-14-5-6-15(24)19(27-20)18(14)21;/h5-6,12-13,17,20,26H,3-4,7-11H2,1-2H3;1H3/q;-1/p+1/t12?,17-,20+,21+,22-,23-;/m1./s1. The maximum absolute atomic E-state index is 13.0. The van der Waals surface area contributed by atoms with Crippen molar-refractivity contribution >= 4 is 5.78 Å². The Hall–Kier alpha value is -1.59. The predicted octanol–water partition coefficient (Wildman–Crippen LogP) is 2.37. The second-order valence-electron chi connectivity index (χ2n) is 10.1. The maximum Gasteiger partial charge on any atom is 0.174 e. The smallest absolute Gasteiger partial charge is 0.174 e. The third-order valence-corrected chi connectivity index (χ3v) is 8.68. The average molecular weight is 386 g/mol. The van der Waals surface area contributed by atoms with Crippen molar-refractivity contribution in [3.05, 3.63) is 30.7 Å². The molecule has 2 saturated carbocycles. The number of hydrogen-bond donors (Lipinski definition) is 2. The molecule has 2 heterocycles. The topological polar surface area (TPSA) is 66.8 Å². The highest BCUT2D eigenvalue weighted by Crippen LogP contribution is 2.67. The molecular formula is C23H31NO4. The molecule has 5 aliphatic rings. The van der Waals surface area contributed by atoms with Gasteiger partial charge < -0.3 is 26.9 Å². The highest BCUT2D eigenvalue weighted by molar-refractivity contribution is 5.90. The molecule has 28 heavy (non-hydrogen) atoms. The first-order chi connectivity index (χ1) is 12.8. The SMILES string of the molecule is CC1CC(=O)[C@@H]2Oc3c(O)ccc4c3[C@@]23CC[N@+](C)(CC2CC2)[C@H](C4)[C@]13O.[CH3-]. The quantitative estimate of drug-likeness (QED) is 0.606. The highest BCUT2D eigenvalue weighted by Gasteiger charge is 2.78. The van der Waals surface area contributed by atoms with E-state index in [1.165, 1.54) is 12.8 Å². The van der Waals surface area contributed by atoms with Crippen molar-refractivity contribution in [2.45, 2.75) is 62.2 Å². The van der Waals surface area contributed by atoms with Gasteiger partial charge in [0.25, 0.3) is 0 Å². The van der Waals surface area contributed by atoms with Crippen molar-refractivity contribution in [3.63, 3.8) is 0 Å². The van der Waals surface area contributed by atoms with Gasteiger partial charge in [0.2, 0.25) is 0 Å². The number of phenolic OH excluding ortho intramolecular Hbond substituents is 1. The van der Waals surface area contributed by atoms with Crippen LogP contribution in [0.1, 0.15) is 43.7 Å². The third-order valence-electron chi connectivity index (χ3n) is 8.68.